The summed E-state index contributed by atoms with van der Waals surface area (Å²) in [7, 11) is 0. The Balaban J connectivity index is 2.69. The molecule has 0 radical (unpaired) electrons. The van der Waals surface area contributed by atoms with Crippen molar-refractivity contribution in [3.63, 3.8) is 0 Å². The van der Waals surface area contributed by atoms with Gasteiger partial charge in [0.1, 0.15) is 0 Å². The quantitative estimate of drug-likeness (QED) is 0.807. The molecule has 7 heteroatoms. The standard InChI is InChI=1S/C13H16F5NO/c1-8(2)19-7-9-5-10(14)12(11(15)6-9)20-4-3-13(16,17)18/h5-6,8,19H,3-4,7H2,1-2H3. The largest absolute Gasteiger partial charge is 0.487 e. The van der Waals surface area contributed by atoms with E-state index in [4.69, 9.17) is 0 Å². The van der Waals surface area contributed by atoms with Crippen LogP contribution in [-0.4, -0.2) is 18.8 Å². The Morgan fingerprint density at radius 1 is 1.15 bits per heavy atom. The summed E-state index contributed by atoms with van der Waals surface area (Å²) in [5, 5.41) is 2.98. The molecule has 0 aliphatic heterocycles. The summed E-state index contributed by atoms with van der Waals surface area (Å²) in [5.74, 6) is -2.79. The van der Waals surface area contributed by atoms with E-state index < -0.39 is 36.6 Å². The topological polar surface area (TPSA) is 21.3 Å². The van der Waals surface area contributed by atoms with E-state index in [2.05, 4.69) is 10.1 Å². The van der Waals surface area contributed by atoms with Crippen LogP contribution >= 0.6 is 0 Å². The second-order valence-corrected chi connectivity index (χ2v) is 4.64. The highest BCUT2D eigenvalue weighted by atomic mass is 19.4. The molecule has 2 nitrogen and oxygen atoms in total. The Kier molecular flexibility index (Phi) is 5.74. The molecule has 0 bridgehead atoms. The molecule has 1 aromatic carbocycles. The van der Waals surface area contributed by atoms with Crippen LogP contribution in [0.15, 0.2) is 12.1 Å². The first kappa shape index (κ1) is 16.7. The summed E-state index contributed by atoms with van der Waals surface area (Å²) in [6.45, 7) is 3.19. The molecule has 0 atom stereocenters. The van der Waals surface area contributed by atoms with Crippen molar-refractivity contribution in [3.8, 4) is 5.75 Å². The molecule has 1 N–H and O–H groups in total. The van der Waals surface area contributed by atoms with E-state index in [1.807, 2.05) is 13.8 Å². The first-order valence-electron chi connectivity index (χ1n) is 6.10. The van der Waals surface area contributed by atoms with Crippen molar-refractivity contribution in [1.82, 2.24) is 5.32 Å². The number of ether oxygens (including phenoxy) is 1. The highest BCUT2D eigenvalue weighted by Gasteiger charge is 2.27. The van der Waals surface area contributed by atoms with Crippen molar-refractivity contribution in [1.29, 1.82) is 0 Å². The average Bonchev–Trinajstić information content (AvgIpc) is 2.28. The summed E-state index contributed by atoms with van der Waals surface area (Å²) >= 11 is 0. The zero-order chi connectivity index (χ0) is 15.3. The third-order valence-electron chi connectivity index (χ3n) is 2.40. The maximum atomic E-state index is 13.6. The maximum Gasteiger partial charge on any atom is 0.392 e. The summed E-state index contributed by atoms with van der Waals surface area (Å²) < 4.78 is 67.5. The van der Waals surface area contributed by atoms with Crippen LogP contribution < -0.4 is 10.1 Å². The number of alkyl halides is 3. The molecule has 0 spiro atoms. The molecule has 0 amide bonds. The number of nitrogens with one attached hydrogen (secondary N) is 1. The van der Waals surface area contributed by atoms with Crippen molar-refractivity contribution in [2.75, 3.05) is 6.61 Å². The maximum absolute atomic E-state index is 13.6. The zero-order valence-corrected chi connectivity index (χ0v) is 11.2. The number of rotatable bonds is 6. The van der Waals surface area contributed by atoms with E-state index >= 15 is 0 Å². The van der Waals surface area contributed by atoms with Crippen LogP contribution in [0.1, 0.15) is 25.8 Å². The van der Waals surface area contributed by atoms with E-state index in [1.54, 1.807) is 0 Å². The Morgan fingerprint density at radius 3 is 2.15 bits per heavy atom. The Hall–Kier alpha value is -1.37. The van der Waals surface area contributed by atoms with Crippen LogP contribution in [0.25, 0.3) is 0 Å². The lowest BCUT2D eigenvalue weighted by molar-refractivity contribution is -0.139. The minimum Gasteiger partial charge on any atom is -0.487 e. The minimum absolute atomic E-state index is 0.142. The molecule has 0 unspecified atom stereocenters. The van der Waals surface area contributed by atoms with Gasteiger partial charge in [0.15, 0.2) is 17.4 Å². The highest BCUT2D eigenvalue weighted by Crippen LogP contribution is 2.25. The fourth-order valence-corrected chi connectivity index (χ4v) is 1.44. The lowest BCUT2D eigenvalue weighted by atomic mass is 10.2. The van der Waals surface area contributed by atoms with Crippen LogP contribution in [0.4, 0.5) is 22.0 Å². The third kappa shape index (κ3) is 5.73. The lowest BCUT2D eigenvalue weighted by Gasteiger charge is -2.12. The first-order valence-corrected chi connectivity index (χ1v) is 6.10. The predicted octanol–water partition coefficient (Wildman–Crippen LogP) is 3.79. The van der Waals surface area contributed by atoms with Gasteiger partial charge in [0.05, 0.1) is 13.0 Å². The van der Waals surface area contributed by atoms with Gasteiger partial charge in [-0.25, -0.2) is 8.78 Å². The smallest absolute Gasteiger partial charge is 0.392 e. The van der Waals surface area contributed by atoms with Crippen LogP contribution in [0.2, 0.25) is 0 Å². The SMILES string of the molecule is CC(C)NCc1cc(F)c(OCCC(F)(F)F)c(F)c1. The number of halogens is 5. The molecule has 0 saturated heterocycles. The second-order valence-electron chi connectivity index (χ2n) is 4.64. The summed E-state index contributed by atoms with van der Waals surface area (Å²) in [6, 6.07) is 2.23. The molecule has 0 fully saturated rings. The van der Waals surface area contributed by atoms with Crippen LogP contribution in [0.3, 0.4) is 0 Å². The summed E-state index contributed by atoms with van der Waals surface area (Å²) in [5.41, 5.74) is 0.358. The third-order valence-corrected chi connectivity index (χ3v) is 2.40. The number of hydrogen-bond donors (Lipinski definition) is 1. The van der Waals surface area contributed by atoms with Gasteiger partial charge in [0.2, 0.25) is 0 Å². The molecule has 114 valence electrons. The van der Waals surface area contributed by atoms with Gasteiger partial charge >= 0.3 is 6.18 Å². The Labute approximate surface area is 113 Å². The molecule has 0 aromatic heterocycles. The number of hydrogen-bond acceptors (Lipinski definition) is 2. The van der Waals surface area contributed by atoms with E-state index in [1.165, 1.54) is 0 Å². The van der Waals surface area contributed by atoms with E-state index in [0.29, 0.717) is 5.56 Å². The zero-order valence-electron chi connectivity index (χ0n) is 11.2. The summed E-state index contributed by atoms with van der Waals surface area (Å²) in [6.07, 6.45) is -5.68. The van der Waals surface area contributed by atoms with Crippen LogP contribution in [0, 0.1) is 11.6 Å². The fourth-order valence-electron chi connectivity index (χ4n) is 1.44. The fraction of sp³-hybridized carbons (Fsp3) is 0.538. The summed E-state index contributed by atoms with van der Waals surface area (Å²) in [4.78, 5) is 0. The van der Waals surface area contributed by atoms with Crippen molar-refractivity contribution >= 4 is 0 Å². The molecule has 0 heterocycles. The van der Waals surface area contributed by atoms with Gasteiger partial charge in [-0.05, 0) is 17.7 Å². The van der Waals surface area contributed by atoms with Gasteiger partial charge < -0.3 is 10.1 Å². The second kappa shape index (κ2) is 6.88. The van der Waals surface area contributed by atoms with Crippen molar-refractivity contribution in [2.24, 2.45) is 0 Å². The normalized spacial score (nSPS) is 12.0. The van der Waals surface area contributed by atoms with Gasteiger partial charge in [-0.2, -0.15) is 13.2 Å². The van der Waals surface area contributed by atoms with Crippen molar-refractivity contribution < 1.29 is 26.7 Å². The molecule has 0 aliphatic rings. The predicted molar refractivity (Wildman–Crippen MR) is 64.5 cm³/mol. The van der Waals surface area contributed by atoms with Gasteiger partial charge in [-0.3, -0.25) is 0 Å². The van der Waals surface area contributed by atoms with Gasteiger partial charge in [-0.1, -0.05) is 13.8 Å². The molecule has 1 rings (SSSR count). The average molecular weight is 297 g/mol. The monoisotopic (exact) mass is 297 g/mol. The highest BCUT2D eigenvalue weighted by molar-refractivity contribution is 5.31. The number of benzene rings is 1. The van der Waals surface area contributed by atoms with Gasteiger partial charge in [0.25, 0.3) is 0 Å². The Morgan fingerprint density at radius 2 is 1.70 bits per heavy atom. The molecular formula is C13H16F5NO. The van der Waals surface area contributed by atoms with E-state index in [-0.39, 0.29) is 12.6 Å². The van der Waals surface area contributed by atoms with Crippen molar-refractivity contribution in [3.05, 3.63) is 29.3 Å². The van der Waals surface area contributed by atoms with Crippen molar-refractivity contribution in [2.45, 2.75) is 39.0 Å². The van der Waals surface area contributed by atoms with Crippen LogP contribution in [0.5, 0.6) is 5.75 Å². The van der Waals surface area contributed by atoms with Crippen LogP contribution in [-0.2, 0) is 6.54 Å². The first-order chi connectivity index (χ1) is 9.19. The molecular weight excluding hydrogens is 281 g/mol. The minimum atomic E-state index is -4.42. The van der Waals surface area contributed by atoms with Gasteiger partial charge in [-0.15, -0.1) is 0 Å². The lowest BCUT2D eigenvalue weighted by Crippen LogP contribution is -2.22. The molecule has 0 saturated carbocycles. The molecule has 20 heavy (non-hydrogen) atoms. The van der Waals surface area contributed by atoms with Gasteiger partial charge in [0, 0.05) is 12.6 Å². The van der Waals surface area contributed by atoms with E-state index in [0.717, 1.165) is 12.1 Å². The Bertz CT molecular complexity index is 422. The van der Waals surface area contributed by atoms with E-state index in [9.17, 15) is 22.0 Å². The molecule has 1 aromatic rings. The molecule has 0 aliphatic carbocycles.